The normalized spacial score (nSPS) is 25.9. The molecule has 2 fully saturated rings. The zero-order chi connectivity index (χ0) is 17.6. The molecule has 0 aromatic heterocycles. The van der Waals surface area contributed by atoms with Gasteiger partial charge in [0.25, 0.3) is 0 Å². The van der Waals surface area contributed by atoms with Gasteiger partial charge in [-0.15, -0.1) is 0 Å². The number of rotatable bonds is 5. The van der Waals surface area contributed by atoms with Crippen LogP contribution in [0.4, 0.5) is 0 Å². The molecule has 2 aliphatic heterocycles. The molecule has 2 aliphatic rings. The molecule has 0 unspecified atom stereocenters. The van der Waals surface area contributed by atoms with Crippen LogP contribution in [0.1, 0.15) is 38.2 Å². The Morgan fingerprint density at radius 2 is 1.72 bits per heavy atom. The van der Waals surface area contributed by atoms with E-state index in [1.54, 1.807) is 0 Å². The molecule has 4 heteroatoms. The predicted molar refractivity (Wildman–Crippen MR) is 103 cm³/mol. The summed E-state index contributed by atoms with van der Waals surface area (Å²) in [4.78, 5) is 19.7. The zero-order valence-electron chi connectivity index (χ0n) is 15.9. The van der Waals surface area contributed by atoms with Crippen molar-refractivity contribution in [3.8, 4) is 0 Å². The molecular weight excluding hydrogens is 310 g/mol. The molecule has 25 heavy (non-hydrogen) atoms. The summed E-state index contributed by atoms with van der Waals surface area (Å²) in [5.74, 6) is 1.47. The van der Waals surface area contributed by atoms with Crippen LogP contribution in [0, 0.1) is 5.92 Å². The first kappa shape index (κ1) is 18.4. The molecule has 0 spiro atoms. The van der Waals surface area contributed by atoms with Gasteiger partial charge in [0.05, 0.1) is 0 Å². The lowest BCUT2D eigenvalue weighted by Crippen LogP contribution is -2.48. The lowest BCUT2D eigenvalue weighted by atomic mass is 9.81. The monoisotopic (exact) mass is 343 g/mol. The third-order valence-electron chi connectivity index (χ3n) is 6.04. The lowest BCUT2D eigenvalue weighted by molar-refractivity contribution is -0.133. The van der Waals surface area contributed by atoms with Crippen molar-refractivity contribution >= 4 is 5.91 Å². The van der Waals surface area contributed by atoms with E-state index in [9.17, 15) is 4.79 Å². The zero-order valence-corrected chi connectivity index (χ0v) is 15.9. The second-order valence-electron chi connectivity index (χ2n) is 7.65. The van der Waals surface area contributed by atoms with E-state index in [1.165, 1.54) is 5.56 Å². The number of hydrogen-bond acceptors (Lipinski definition) is 3. The fraction of sp³-hybridized carbons (Fsp3) is 0.667. The first-order chi connectivity index (χ1) is 12.2. The Hall–Kier alpha value is -1.39. The number of amides is 1. The summed E-state index contributed by atoms with van der Waals surface area (Å²) in [7, 11) is 0. The summed E-state index contributed by atoms with van der Waals surface area (Å²) in [5, 5.41) is 0. The van der Waals surface area contributed by atoms with Crippen LogP contribution in [-0.4, -0.2) is 73.0 Å². The Morgan fingerprint density at radius 3 is 2.36 bits per heavy atom. The fourth-order valence-electron chi connectivity index (χ4n) is 4.31. The van der Waals surface area contributed by atoms with E-state index in [0.717, 1.165) is 58.8 Å². The van der Waals surface area contributed by atoms with Crippen LogP contribution >= 0.6 is 0 Å². The van der Waals surface area contributed by atoms with Crippen molar-refractivity contribution in [3.05, 3.63) is 35.9 Å². The number of carbonyl (C=O) groups excluding carboxylic acids is 1. The van der Waals surface area contributed by atoms with Gasteiger partial charge in [0.1, 0.15) is 0 Å². The first-order valence-electron chi connectivity index (χ1n) is 9.94. The SMILES string of the molecule is CCN1CCN(CCC(=O)N2CC[C@@H](c3ccccc3)[C@@H](C)C2)CC1. The van der Waals surface area contributed by atoms with Crippen LogP contribution in [0.5, 0.6) is 0 Å². The number of likely N-dealkylation sites (N-methyl/N-ethyl adjacent to an activating group) is 1. The van der Waals surface area contributed by atoms with Gasteiger partial charge in [0, 0.05) is 52.2 Å². The standard InChI is InChI=1S/C21H33N3O/c1-3-22-13-15-23(16-14-22)11-10-21(25)24-12-9-20(18(2)17-24)19-7-5-4-6-8-19/h4-8,18,20H,3,9-17H2,1-2H3/t18-,20+/m0/s1. The predicted octanol–water partition coefficient (Wildman–Crippen LogP) is 2.67. The highest BCUT2D eigenvalue weighted by Crippen LogP contribution is 2.32. The molecule has 0 aliphatic carbocycles. The third-order valence-corrected chi connectivity index (χ3v) is 6.04. The summed E-state index contributed by atoms with van der Waals surface area (Å²) < 4.78 is 0. The van der Waals surface area contributed by atoms with Crippen molar-refractivity contribution < 1.29 is 4.79 Å². The fourth-order valence-corrected chi connectivity index (χ4v) is 4.31. The Balaban J connectivity index is 1.43. The molecule has 4 nitrogen and oxygen atoms in total. The molecule has 2 atom stereocenters. The molecular formula is C21H33N3O. The summed E-state index contributed by atoms with van der Waals surface area (Å²) in [5.41, 5.74) is 1.43. The van der Waals surface area contributed by atoms with Crippen LogP contribution in [0.15, 0.2) is 30.3 Å². The minimum atomic E-state index is 0.344. The summed E-state index contributed by atoms with van der Waals surface area (Å²) in [6.07, 6.45) is 1.76. The van der Waals surface area contributed by atoms with Gasteiger partial charge >= 0.3 is 0 Å². The number of benzene rings is 1. The minimum absolute atomic E-state index is 0.344. The molecule has 0 N–H and O–H groups in total. The lowest BCUT2D eigenvalue weighted by Gasteiger charge is -2.38. The van der Waals surface area contributed by atoms with Gasteiger partial charge < -0.3 is 14.7 Å². The van der Waals surface area contributed by atoms with Crippen molar-refractivity contribution in [2.75, 3.05) is 52.4 Å². The van der Waals surface area contributed by atoms with E-state index >= 15 is 0 Å². The Kier molecular flexibility index (Phi) is 6.49. The highest BCUT2D eigenvalue weighted by Gasteiger charge is 2.29. The van der Waals surface area contributed by atoms with Gasteiger partial charge in [-0.2, -0.15) is 0 Å². The van der Waals surface area contributed by atoms with Gasteiger partial charge in [-0.3, -0.25) is 4.79 Å². The Labute approximate surface area is 152 Å². The topological polar surface area (TPSA) is 26.8 Å². The second kappa shape index (κ2) is 8.81. The molecule has 138 valence electrons. The smallest absolute Gasteiger partial charge is 0.223 e. The van der Waals surface area contributed by atoms with Crippen molar-refractivity contribution in [2.24, 2.45) is 5.92 Å². The largest absolute Gasteiger partial charge is 0.342 e. The highest BCUT2D eigenvalue weighted by molar-refractivity contribution is 5.76. The molecule has 3 rings (SSSR count). The summed E-state index contributed by atoms with van der Waals surface area (Å²) >= 11 is 0. The van der Waals surface area contributed by atoms with Gasteiger partial charge in [-0.25, -0.2) is 0 Å². The van der Waals surface area contributed by atoms with Crippen LogP contribution in [0.3, 0.4) is 0 Å². The molecule has 1 amide bonds. The average Bonchev–Trinajstić information content (AvgIpc) is 2.67. The van der Waals surface area contributed by atoms with Crippen LogP contribution < -0.4 is 0 Å². The Morgan fingerprint density at radius 1 is 1.04 bits per heavy atom. The number of piperazine rings is 1. The molecule has 0 bridgehead atoms. The Bertz CT molecular complexity index is 539. The molecule has 0 saturated carbocycles. The van der Waals surface area contributed by atoms with E-state index in [-0.39, 0.29) is 0 Å². The third kappa shape index (κ3) is 4.83. The van der Waals surface area contributed by atoms with Gasteiger partial charge in [0.2, 0.25) is 5.91 Å². The number of nitrogens with zero attached hydrogens (tertiary/aromatic N) is 3. The molecule has 1 aromatic carbocycles. The minimum Gasteiger partial charge on any atom is -0.342 e. The van der Waals surface area contributed by atoms with Crippen molar-refractivity contribution in [1.29, 1.82) is 0 Å². The number of piperidine rings is 1. The van der Waals surface area contributed by atoms with Crippen LogP contribution in [0.2, 0.25) is 0 Å². The maximum atomic E-state index is 12.6. The van der Waals surface area contributed by atoms with E-state index in [0.29, 0.717) is 24.2 Å². The maximum Gasteiger partial charge on any atom is 0.223 e. The van der Waals surface area contributed by atoms with Gasteiger partial charge in [0.15, 0.2) is 0 Å². The molecule has 2 saturated heterocycles. The molecule has 0 radical (unpaired) electrons. The maximum absolute atomic E-state index is 12.6. The van der Waals surface area contributed by atoms with Gasteiger partial charge in [-0.1, -0.05) is 44.2 Å². The van der Waals surface area contributed by atoms with Crippen LogP contribution in [-0.2, 0) is 4.79 Å². The highest BCUT2D eigenvalue weighted by atomic mass is 16.2. The van der Waals surface area contributed by atoms with Crippen LogP contribution in [0.25, 0.3) is 0 Å². The molecule has 2 heterocycles. The quantitative estimate of drug-likeness (QED) is 0.822. The van der Waals surface area contributed by atoms with E-state index in [1.807, 2.05) is 0 Å². The average molecular weight is 344 g/mol. The second-order valence-corrected chi connectivity index (χ2v) is 7.65. The molecule has 1 aromatic rings. The van der Waals surface area contributed by atoms with E-state index < -0.39 is 0 Å². The number of hydrogen-bond donors (Lipinski definition) is 0. The first-order valence-corrected chi connectivity index (χ1v) is 9.94. The summed E-state index contributed by atoms with van der Waals surface area (Å²) in [6.45, 7) is 12.9. The van der Waals surface area contributed by atoms with Crippen molar-refractivity contribution in [1.82, 2.24) is 14.7 Å². The van der Waals surface area contributed by atoms with E-state index in [4.69, 9.17) is 0 Å². The van der Waals surface area contributed by atoms with Crippen molar-refractivity contribution in [2.45, 2.75) is 32.6 Å². The summed E-state index contributed by atoms with van der Waals surface area (Å²) in [6, 6.07) is 10.8. The van der Waals surface area contributed by atoms with Crippen molar-refractivity contribution in [3.63, 3.8) is 0 Å². The number of carbonyl (C=O) groups is 1. The van der Waals surface area contributed by atoms with E-state index in [2.05, 4.69) is 58.9 Å². The number of likely N-dealkylation sites (tertiary alicyclic amines) is 1. The van der Waals surface area contributed by atoms with Gasteiger partial charge in [-0.05, 0) is 30.4 Å².